The molecule has 15 heavy (non-hydrogen) atoms. The quantitative estimate of drug-likeness (QED) is 0.800. The molecule has 1 aromatic carbocycles. The van der Waals surface area contributed by atoms with Gasteiger partial charge < -0.3 is 10.5 Å². The number of thioether (sulfide) groups is 1. The summed E-state index contributed by atoms with van der Waals surface area (Å²) >= 11 is 1.73. The van der Waals surface area contributed by atoms with Crippen molar-refractivity contribution in [1.82, 2.24) is 0 Å². The van der Waals surface area contributed by atoms with Crippen LogP contribution in [0.2, 0.25) is 0 Å². The van der Waals surface area contributed by atoms with Crippen molar-refractivity contribution < 1.29 is 4.74 Å². The molecule has 0 saturated carbocycles. The highest BCUT2D eigenvalue weighted by Crippen LogP contribution is 2.31. The molecule has 0 atom stereocenters. The van der Waals surface area contributed by atoms with E-state index in [1.807, 2.05) is 26.0 Å². The van der Waals surface area contributed by atoms with E-state index in [9.17, 15) is 0 Å². The summed E-state index contributed by atoms with van der Waals surface area (Å²) in [4.78, 5) is 1.24. The van der Waals surface area contributed by atoms with Crippen LogP contribution in [0.5, 0.6) is 5.75 Å². The van der Waals surface area contributed by atoms with Gasteiger partial charge in [0.05, 0.1) is 7.11 Å². The van der Waals surface area contributed by atoms with Crippen LogP contribution in [0.15, 0.2) is 23.1 Å². The van der Waals surface area contributed by atoms with Gasteiger partial charge in [0.1, 0.15) is 5.75 Å². The van der Waals surface area contributed by atoms with E-state index in [1.165, 1.54) is 10.5 Å². The second-order valence-electron chi connectivity index (χ2n) is 4.31. The molecule has 0 saturated heterocycles. The van der Waals surface area contributed by atoms with Gasteiger partial charge in [0.25, 0.3) is 0 Å². The first-order valence-corrected chi connectivity index (χ1v) is 6.19. The van der Waals surface area contributed by atoms with Gasteiger partial charge in [-0.1, -0.05) is 6.07 Å². The summed E-state index contributed by atoms with van der Waals surface area (Å²) in [5, 5.41) is 0. The smallest absolute Gasteiger partial charge is 0.123 e. The van der Waals surface area contributed by atoms with Gasteiger partial charge in [-0.2, -0.15) is 0 Å². The molecule has 0 radical (unpaired) electrons. The van der Waals surface area contributed by atoms with Gasteiger partial charge in [-0.25, -0.2) is 0 Å². The van der Waals surface area contributed by atoms with Crippen LogP contribution in [-0.4, -0.2) is 18.9 Å². The number of nitrogens with two attached hydrogens (primary N) is 1. The molecule has 0 fully saturated rings. The molecule has 0 aliphatic carbocycles. The van der Waals surface area contributed by atoms with Crippen molar-refractivity contribution in [2.45, 2.75) is 30.7 Å². The topological polar surface area (TPSA) is 35.2 Å². The van der Waals surface area contributed by atoms with Crippen LogP contribution in [0.3, 0.4) is 0 Å². The molecule has 0 heterocycles. The summed E-state index contributed by atoms with van der Waals surface area (Å²) in [7, 11) is 1.70. The van der Waals surface area contributed by atoms with Crippen molar-refractivity contribution in [3.63, 3.8) is 0 Å². The van der Waals surface area contributed by atoms with Gasteiger partial charge in [-0.15, -0.1) is 11.8 Å². The van der Waals surface area contributed by atoms with E-state index in [0.717, 1.165) is 12.2 Å². The maximum atomic E-state index is 6.05. The highest BCUT2D eigenvalue weighted by atomic mass is 32.2. The fraction of sp³-hybridized carbons (Fsp3) is 0.500. The Morgan fingerprint density at radius 1 is 1.40 bits per heavy atom. The molecule has 0 aliphatic rings. The zero-order chi connectivity index (χ0) is 11.5. The van der Waals surface area contributed by atoms with Crippen LogP contribution in [0.4, 0.5) is 0 Å². The van der Waals surface area contributed by atoms with E-state index in [4.69, 9.17) is 10.5 Å². The third-order valence-corrected chi connectivity index (χ3v) is 2.98. The van der Waals surface area contributed by atoms with Crippen molar-refractivity contribution in [2.24, 2.45) is 5.73 Å². The molecule has 0 unspecified atom stereocenters. The lowest BCUT2D eigenvalue weighted by Crippen LogP contribution is -2.34. The minimum absolute atomic E-state index is 0.209. The highest BCUT2D eigenvalue weighted by Gasteiger charge is 2.17. The van der Waals surface area contributed by atoms with Gasteiger partial charge in [-0.05, 0) is 38.7 Å². The summed E-state index contributed by atoms with van der Waals surface area (Å²) in [6.45, 7) is 4.06. The van der Waals surface area contributed by atoms with Gasteiger partial charge >= 0.3 is 0 Å². The van der Waals surface area contributed by atoms with E-state index in [-0.39, 0.29) is 5.54 Å². The molecule has 0 aliphatic heterocycles. The Morgan fingerprint density at radius 2 is 2.07 bits per heavy atom. The summed E-state index contributed by atoms with van der Waals surface area (Å²) in [5.41, 5.74) is 7.05. The Kier molecular flexibility index (Phi) is 4.05. The molecular formula is C12H19NOS. The zero-order valence-corrected chi connectivity index (χ0v) is 10.6. The molecule has 3 heteroatoms. The van der Waals surface area contributed by atoms with Crippen molar-refractivity contribution in [2.75, 3.05) is 13.4 Å². The highest BCUT2D eigenvalue weighted by molar-refractivity contribution is 7.98. The molecule has 2 N–H and O–H groups in total. The lowest BCUT2D eigenvalue weighted by Gasteiger charge is -2.21. The maximum Gasteiger partial charge on any atom is 0.123 e. The Hall–Kier alpha value is -0.670. The molecule has 0 aromatic heterocycles. The van der Waals surface area contributed by atoms with Gasteiger partial charge in [0.2, 0.25) is 0 Å². The second kappa shape index (κ2) is 4.90. The summed E-state index contributed by atoms with van der Waals surface area (Å²) < 4.78 is 5.36. The van der Waals surface area contributed by atoms with Gasteiger partial charge in [-0.3, -0.25) is 0 Å². The Balaban J connectivity index is 3.11. The average Bonchev–Trinajstić information content (AvgIpc) is 2.16. The van der Waals surface area contributed by atoms with Crippen molar-refractivity contribution >= 4 is 11.8 Å². The standard InChI is InChI=1S/C12H19NOS/c1-12(2,13)8-9-10(14-3)6-5-7-11(9)15-4/h5-7H,8,13H2,1-4H3. The molecule has 0 amide bonds. The van der Waals surface area contributed by atoms with Crippen LogP contribution in [-0.2, 0) is 6.42 Å². The zero-order valence-electron chi connectivity index (χ0n) is 9.83. The Morgan fingerprint density at radius 3 is 2.53 bits per heavy atom. The third kappa shape index (κ3) is 3.43. The summed E-state index contributed by atoms with van der Waals surface area (Å²) in [5.74, 6) is 0.931. The second-order valence-corrected chi connectivity index (χ2v) is 5.15. The van der Waals surface area contributed by atoms with Crippen LogP contribution in [0.25, 0.3) is 0 Å². The molecule has 84 valence electrons. The van der Waals surface area contributed by atoms with E-state index >= 15 is 0 Å². The fourth-order valence-corrected chi connectivity index (χ4v) is 2.19. The molecule has 0 bridgehead atoms. The van der Waals surface area contributed by atoms with Gasteiger partial charge in [0, 0.05) is 16.0 Å². The van der Waals surface area contributed by atoms with Crippen molar-refractivity contribution in [3.8, 4) is 5.75 Å². The molecular weight excluding hydrogens is 206 g/mol. The SMILES string of the molecule is COc1cccc(SC)c1CC(C)(C)N. The number of methoxy groups -OCH3 is 1. The van der Waals surface area contributed by atoms with Crippen molar-refractivity contribution in [1.29, 1.82) is 0 Å². The predicted molar refractivity (Wildman–Crippen MR) is 66.7 cm³/mol. The Labute approximate surface area is 96.2 Å². The van der Waals surface area contributed by atoms with Gasteiger partial charge in [0.15, 0.2) is 0 Å². The number of hydrogen-bond donors (Lipinski definition) is 1. The fourth-order valence-electron chi connectivity index (χ4n) is 1.56. The van der Waals surface area contributed by atoms with Crippen LogP contribution < -0.4 is 10.5 Å². The van der Waals surface area contributed by atoms with E-state index in [2.05, 4.69) is 12.3 Å². The number of benzene rings is 1. The van der Waals surface area contributed by atoms with Crippen LogP contribution in [0, 0.1) is 0 Å². The molecule has 1 rings (SSSR count). The summed E-state index contributed by atoms with van der Waals surface area (Å²) in [6, 6.07) is 6.10. The van der Waals surface area contributed by atoms with Crippen LogP contribution >= 0.6 is 11.8 Å². The molecule has 0 spiro atoms. The van der Waals surface area contributed by atoms with Crippen LogP contribution in [0.1, 0.15) is 19.4 Å². The third-order valence-electron chi connectivity index (χ3n) is 2.16. The molecule has 1 aromatic rings. The maximum absolute atomic E-state index is 6.05. The number of hydrogen-bond acceptors (Lipinski definition) is 3. The monoisotopic (exact) mass is 225 g/mol. The van der Waals surface area contributed by atoms with Crippen molar-refractivity contribution in [3.05, 3.63) is 23.8 Å². The first-order valence-electron chi connectivity index (χ1n) is 4.96. The predicted octanol–water partition coefficient (Wildman–Crippen LogP) is 2.70. The minimum atomic E-state index is -0.209. The van der Waals surface area contributed by atoms with E-state index in [1.54, 1.807) is 18.9 Å². The lowest BCUT2D eigenvalue weighted by molar-refractivity contribution is 0.400. The molecule has 2 nitrogen and oxygen atoms in total. The Bertz CT molecular complexity index is 309. The minimum Gasteiger partial charge on any atom is -0.496 e. The number of ether oxygens (including phenoxy) is 1. The first kappa shape index (κ1) is 12.4. The first-order chi connectivity index (χ1) is 6.98. The van der Waals surface area contributed by atoms with E-state index < -0.39 is 0 Å². The van der Waals surface area contributed by atoms with E-state index in [0.29, 0.717) is 0 Å². The lowest BCUT2D eigenvalue weighted by atomic mass is 9.95. The number of rotatable bonds is 4. The normalized spacial score (nSPS) is 11.5. The summed E-state index contributed by atoms with van der Waals surface area (Å²) in [6.07, 6.45) is 2.90. The largest absolute Gasteiger partial charge is 0.496 e. The average molecular weight is 225 g/mol.